The molecular formula is C13H18N4O4. The summed E-state index contributed by atoms with van der Waals surface area (Å²) in [5, 5.41) is 2.59. The zero-order valence-corrected chi connectivity index (χ0v) is 12.0. The topological polar surface area (TPSA) is 107 Å². The molecule has 1 atom stereocenters. The lowest BCUT2D eigenvalue weighted by Crippen LogP contribution is -2.53. The first kappa shape index (κ1) is 15.0. The molecule has 1 unspecified atom stereocenters. The van der Waals surface area contributed by atoms with Gasteiger partial charge in [-0.05, 0) is 6.07 Å². The zero-order valence-electron chi connectivity index (χ0n) is 12.0. The second-order valence-electron chi connectivity index (χ2n) is 4.52. The SMILES string of the molecule is CNC(=O)C1COCCN1c1cc(C(=O)OC)c(N)cn1. The predicted octanol–water partition coefficient (Wildman–Crippen LogP) is -0.598. The molecule has 1 aliphatic rings. The molecule has 0 saturated carbocycles. The Bertz CT molecular complexity index is 549. The Morgan fingerprint density at radius 2 is 2.33 bits per heavy atom. The molecule has 1 aliphatic heterocycles. The van der Waals surface area contributed by atoms with Crippen molar-refractivity contribution in [2.75, 3.05) is 44.5 Å². The van der Waals surface area contributed by atoms with Gasteiger partial charge in [0.25, 0.3) is 0 Å². The number of esters is 1. The fourth-order valence-electron chi connectivity index (χ4n) is 2.16. The van der Waals surface area contributed by atoms with Crippen LogP contribution in [-0.2, 0) is 14.3 Å². The number of hydrogen-bond donors (Lipinski definition) is 2. The molecule has 1 amide bonds. The van der Waals surface area contributed by atoms with Gasteiger partial charge in [-0.25, -0.2) is 9.78 Å². The van der Waals surface area contributed by atoms with E-state index in [4.69, 9.17) is 10.5 Å². The van der Waals surface area contributed by atoms with Gasteiger partial charge < -0.3 is 25.4 Å². The third-order valence-electron chi connectivity index (χ3n) is 3.30. The predicted molar refractivity (Wildman–Crippen MR) is 76.0 cm³/mol. The lowest BCUT2D eigenvalue weighted by molar-refractivity contribution is -0.124. The first-order valence-corrected chi connectivity index (χ1v) is 6.48. The van der Waals surface area contributed by atoms with Crippen LogP contribution in [-0.4, -0.2) is 56.8 Å². The van der Waals surface area contributed by atoms with Gasteiger partial charge in [0.15, 0.2) is 0 Å². The van der Waals surface area contributed by atoms with Crippen LogP contribution in [0.25, 0.3) is 0 Å². The molecule has 0 bridgehead atoms. The average Bonchev–Trinajstić information content (AvgIpc) is 2.54. The lowest BCUT2D eigenvalue weighted by Gasteiger charge is -2.35. The first-order valence-electron chi connectivity index (χ1n) is 6.48. The quantitative estimate of drug-likeness (QED) is 0.717. The minimum atomic E-state index is -0.541. The summed E-state index contributed by atoms with van der Waals surface area (Å²) < 4.78 is 10.0. The van der Waals surface area contributed by atoms with E-state index in [9.17, 15) is 9.59 Å². The van der Waals surface area contributed by atoms with Crippen molar-refractivity contribution in [1.29, 1.82) is 0 Å². The van der Waals surface area contributed by atoms with Gasteiger partial charge >= 0.3 is 5.97 Å². The Hall–Kier alpha value is -2.35. The smallest absolute Gasteiger partial charge is 0.340 e. The molecule has 21 heavy (non-hydrogen) atoms. The Kier molecular flexibility index (Phi) is 4.59. The van der Waals surface area contributed by atoms with Gasteiger partial charge in [0.05, 0.1) is 37.8 Å². The summed E-state index contributed by atoms with van der Waals surface area (Å²) in [6.07, 6.45) is 1.39. The number of carbonyl (C=O) groups is 2. The number of nitrogens with one attached hydrogen (secondary N) is 1. The van der Waals surface area contributed by atoms with Crippen molar-refractivity contribution in [3.63, 3.8) is 0 Å². The van der Waals surface area contributed by atoms with Gasteiger partial charge in [0, 0.05) is 13.6 Å². The molecule has 1 aromatic rings. The van der Waals surface area contributed by atoms with Crippen LogP contribution in [0.5, 0.6) is 0 Å². The van der Waals surface area contributed by atoms with Crippen molar-refractivity contribution >= 4 is 23.4 Å². The molecule has 0 spiro atoms. The minimum Gasteiger partial charge on any atom is -0.465 e. The number of methoxy groups -OCH3 is 1. The maximum atomic E-state index is 11.9. The van der Waals surface area contributed by atoms with E-state index in [2.05, 4.69) is 15.0 Å². The highest BCUT2D eigenvalue weighted by atomic mass is 16.5. The summed E-state index contributed by atoms with van der Waals surface area (Å²) in [5.41, 5.74) is 6.19. The zero-order chi connectivity index (χ0) is 15.4. The molecule has 0 aromatic carbocycles. The number of hydrogen-bond acceptors (Lipinski definition) is 7. The van der Waals surface area contributed by atoms with Gasteiger partial charge in [-0.1, -0.05) is 0 Å². The molecule has 2 heterocycles. The maximum Gasteiger partial charge on any atom is 0.340 e. The Morgan fingerprint density at radius 1 is 1.57 bits per heavy atom. The number of nitrogen functional groups attached to an aromatic ring is 1. The van der Waals surface area contributed by atoms with Gasteiger partial charge in [-0.2, -0.15) is 0 Å². The fraction of sp³-hybridized carbons (Fsp3) is 0.462. The van der Waals surface area contributed by atoms with Gasteiger partial charge in [-0.3, -0.25) is 4.79 Å². The highest BCUT2D eigenvalue weighted by Gasteiger charge is 2.30. The third kappa shape index (κ3) is 3.05. The summed E-state index contributed by atoms with van der Waals surface area (Å²) in [7, 11) is 2.84. The molecule has 0 aliphatic carbocycles. The molecule has 0 radical (unpaired) electrons. The van der Waals surface area contributed by atoms with Crippen molar-refractivity contribution in [3.8, 4) is 0 Å². The normalized spacial score (nSPS) is 18.2. The van der Waals surface area contributed by atoms with E-state index in [0.717, 1.165) is 0 Å². The number of rotatable bonds is 3. The largest absolute Gasteiger partial charge is 0.465 e. The summed E-state index contributed by atoms with van der Waals surface area (Å²) in [5.74, 6) is -0.227. The Labute approximate surface area is 122 Å². The summed E-state index contributed by atoms with van der Waals surface area (Å²) in [6.45, 7) is 1.24. The summed E-state index contributed by atoms with van der Waals surface area (Å²) in [4.78, 5) is 29.6. The molecule has 1 aromatic heterocycles. The number of likely N-dealkylation sites (N-methyl/N-ethyl adjacent to an activating group) is 1. The number of nitrogens with zero attached hydrogens (tertiary/aromatic N) is 2. The van der Waals surface area contributed by atoms with Crippen LogP contribution >= 0.6 is 0 Å². The van der Waals surface area contributed by atoms with E-state index in [1.807, 2.05) is 0 Å². The number of ether oxygens (including phenoxy) is 2. The summed E-state index contributed by atoms with van der Waals surface area (Å²) in [6, 6.07) is 1.04. The summed E-state index contributed by atoms with van der Waals surface area (Å²) >= 11 is 0. The molecule has 8 heteroatoms. The van der Waals surface area contributed by atoms with E-state index in [1.54, 1.807) is 11.9 Å². The highest BCUT2D eigenvalue weighted by molar-refractivity contribution is 5.96. The number of pyridine rings is 1. The van der Waals surface area contributed by atoms with Crippen LogP contribution in [0.2, 0.25) is 0 Å². The van der Waals surface area contributed by atoms with Crippen LogP contribution in [0.3, 0.4) is 0 Å². The lowest BCUT2D eigenvalue weighted by atomic mass is 10.1. The van der Waals surface area contributed by atoms with Crippen molar-refractivity contribution in [2.45, 2.75) is 6.04 Å². The van der Waals surface area contributed by atoms with E-state index in [-0.39, 0.29) is 23.8 Å². The standard InChI is InChI=1S/C13H18N4O4/c1-15-12(18)10-7-21-4-3-17(10)11-5-8(13(19)20-2)9(14)6-16-11/h5-6,10H,3-4,7,14H2,1-2H3,(H,15,18). The van der Waals surface area contributed by atoms with Gasteiger partial charge in [-0.15, -0.1) is 0 Å². The van der Waals surface area contributed by atoms with Crippen LogP contribution in [0.4, 0.5) is 11.5 Å². The third-order valence-corrected chi connectivity index (χ3v) is 3.30. The van der Waals surface area contributed by atoms with Gasteiger partial charge in [0.1, 0.15) is 11.9 Å². The average molecular weight is 294 g/mol. The molecule has 114 valence electrons. The minimum absolute atomic E-state index is 0.173. The van der Waals surface area contributed by atoms with Crippen LogP contribution < -0.4 is 16.0 Å². The second kappa shape index (κ2) is 6.40. The van der Waals surface area contributed by atoms with E-state index >= 15 is 0 Å². The van der Waals surface area contributed by atoms with Crippen molar-refractivity contribution in [2.24, 2.45) is 0 Å². The van der Waals surface area contributed by atoms with E-state index < -0.39 is 12.0 Å². The Morgan fingerprint density at radius 3 is 3.00 bits per heavy atom. The Balaban J connectivity index is 2.35. The first-order chi connectivity index (χ1) is 10.1. The van der Waals surface area contributed by atoms with Crippen LogP contribution in [0, 0.1) is 0 Å². The van der Waals surface area contributed by atoms with Crippen molar-refractivity contribution < 1.29 is 19.1 Å². The van der Waals surface area contributed by atoms with Crippen LogP contribution in [0.15, 0.2) is 12.3 Å². The van der Waals surface area contributed by atoms with E-state index in [0.29, 0.717) is 19.0 Å². The number of anilines is 2. The highest BCUT2D eigenvalue weighted by Crippen LogP contribution is 2.22. The fourth-order valence-corrected chi connectivity index (χ4v) is 2.16. The van der Waals surface area contributed by atoms with E-state index in [1.165, 1.54) is 19.4 Å². The number of aromatic nitrogens is 1. The molecule has 1 saturated heterocycles. The second-order valence-corrected chi connectivity index (χ2v) is 4.52. The maximum absolute atomic E-state index is 11.9. The van der Waals surface area contributed by atoms with Crippen molar-refractivity contribution in [3.05, 3.63) is 17.8 Å². The van der Waals surface area contributed by atoms with Crippen molar-refractivity contribution in [1.82, 2.24) is 10.3 Å². The monoisotopic (exact) mass is 294 g/mol. The number of morpholine rings is 1. The number of carbonyl (C=O) groups excluding carboxylic acids is 2. The number of amides is 1. The van der Waals surface area contributed by atoms with Gasteiger partial charge in [0.2, 0.25) is 5.91 Å². The molecule has 8 nitrogen and oxygen atoms in total. The number of nitrogens with two attached hydrogens (primary N) is 1. The van der Waals surface area contributed by atoms with Crippen LogP contribution in [0.1, 0.15) is 10.4 Å². The molecule has 1 fully saturated rings. The molecule has 2 rings (SSSR count). The molecule has 3 N–H and O–H groups in total. The molecular weight excluding hydrogens is 276 g/mol.